The second-order valence-electron chi connectivity index (χ2n) is 4.56. The Bertz CT molecular complexity index is 366. The van der Waals surface area contributed by atoms with E-state index in [1.54, 1.807) is 7.11 Å². The molecule has 1 fully saturated rings. The average Bonchev–Trinajstić information content (AvgIpc) is 3.19. The van der Waals surface area contributed by atoms with Crippen LogP contribution in [0.25, 0.3) is 0 Å². The molecule has 0 aliphatic heterocycles. The average molecular weight is 251 g/mol. The summed E-state index contributed by atoms with van der Waals surface area (Å²) in [5, 5.41) is 0. The quantitative estimate of drug-likeness (QED) is 0.717. The molecule has 0 bridgehead atoms. The Kier molecular flexibility index (Phi) is 4.99. The summed E-state index contributed by atoms with van der Waals surface area (Å²) >= 11 is 0. The molecule has 2 N–H and O–H groups in total. The first-order valence-corrected chi connectivity index (χ1v) is 6.38. The lowest BCUT2D eigenvalue weighted by Gasteiger charge is -2.14. The van der Waals surface area contributed by atoms with Crippen LogP contribution in [-0.2, 0) is 9.47 Å². The van der Waals surface area contributed by atoms with Gasteiger partial charge >= 0.3 is 0 Å². The number of hydrogen-bond donors (Lipinski definition) is 1. The van der Waals surface area contributed by atoms with Crippen LogP contribution in [0.1, 0.15) is 24.4 Å². The largest absolute Gasteiger partial charge is 0.490 e. The topological polar surface area (TPSA) is 53.7 Å². The van der Waals surface area contributed by atoms with Crippen molar-refractivity contribution in [3.05, 3.63) is 29.8 Å². The molecule has 0 aromatic heterocycles. The number of methoxy groups -OCH3 is 1. The first-order valence-electron chi connectivity index (χ1n) is 6.38. The third-order valence-electron chi connectivity index (χ3n) is 2.84. The van der Waals surface area contributed by atoms with Crippen LogP contribution < -0.4 is 10.5 Å². The standard InChI is InChI=1S/C14H21NO3/c1-16-7-8-17-10-14(15)11-3-2-4-13(9-11)18-12-5-6-12/h2-4,9,12,14H,5-8,10,15H2,1H3. The van der Waals surface area contributed by atoms with Crippen molar-refractivity contribution in [2.24, 2.45) is 5.73 Å². The van der Waals surface area contributed by atoms with Crippen LogP contribution in [0.3, 0.4) is 0 Å². The molecule has 4 heteroatoms. The minimum absolute atomic E-state index is 0.121. The lowest BCUT2D eigenvalue weighted by Crippen LogP contribution is -2.18. The summed E-state index contributed by atoms with van der Waals surface area (Å²) in [5.41, 5.74) is 7.12. The number of nitrogens with two attached hydrogens (primary N) is 1. The molecule has 0 spiro atoms. The lowest BCUT2D eigenvalue weighted by molar-refractivity contribution is 0.0635. The maximum absolute atomic E-state index is 6.07. The molecule has 1 aliphatic carbocycles. The fourth-order valence-corrected chi connectivity index (χ4v) is 1.65. The minimum atomic E-state index is -0.121. The van der Waals surface area contributed by atoms with Gasteiger partial charge in [-0.3, -0.25) is 0 Å². The van der Waals surface area contributed by atoms with Crippen LogP contribution in [0.15, 0.2) is 24.3 Å². The molecule has 0 amide bonds. The summed E-state index contributed by atoms with van der Waals surface area (Å²) in [4.78, 5) is 0. The van der Waals surface area contributed by atoms with Gasteiger partial charge in [-0.25, -0.2) is 0 Å². The Morgan fingerprint density at radius 2 is 2.17 bits per heavy atom. The van der Waals surface area contributed by atoms with E-state index in [-0.39, 0.29) is 6.04 Å². The molecule has 1 aromatic rings. The fraction of sp³-hybridized carbons (Fsp3) is 0.571. The highest BCUT2D eigenvalue weighted by molar-refractivity contribution is 5.31. The van der Waals surface area contributed by atoms with Crippen LogP contribution >= 0.6 is 0 Å². The maximum Gasteiger partial charge on any atom is 0.120 e. The molecule has 1 atom stereocenters. The molecule has 0 heterocycles. The van der Waals surface area contributed by atoms with Crippen LogP contribution in [-0.4, -0.2) is 33.0 Å². The summed E-state index contributed by atoms with van der Waals surface area (Å²) in [7, 11) is 1.65. The van der Waals surface area contributed by atoms with Gasteiger partial charge in [-0.15, -0.1) is 0 Å². The van der Waals surface area contributed by atoms with Crippen LogP contribution in [0.2, 0.25) is 0 Å². The van der Waals surface area contributed by atoms with Crippen LogP contribution in [0.4, 0.5) is 0 Å². The highest BCUT2D eigenvalue weighted by Gasteiger charge is 2.23. The summed E-state index contributed by atoms with van der Waals surface area (Å²) in [6, 6.07) is 7.83. The molecule has 18 heavy (non-hydrogen) atoms. The van der Waals surface area contributed by atoms with Gasteiger partial charge in [0.1, 0.15) is 5.75 Å². The van der Waals surface area contributed by atoms with E-state index < -0.39 is 0 Å². The van der Waals surface area contributed by atoms with Gasteiger partial charge in [-0.05, 0) is 30.5 Å². The zero-order valence-corrected chi connectivity index (χ0v) is 10.8. The van der Waals surface area contributed by atoms with Crippen molar-refractivity contribution >= 4 is 0 Å². The van der Waals surface area contributed by atoms with Crippen molar-refractivity contribution < 1.29 is 14.2 Å². The van der Waals surface area contributed by atoms with Gasteiger partial charge in [0.2, 0.25) is 0 Å². The van der Waals surface area contributed by atoms with Crippen molar-refractivity contribution in [2.45, 2.75) is 25.0 Å². The van der Waals surface area contributed by atoms with Gasteiger partial charge in [0, 0.05) is 7.11 Å². The number of hydrogen-bond acceptors (Lipinski definition) is 4. The summed E-state index contributed by atoms with van der Waals surface area (Å²) in [5.74, 6) is 0.905. The minimum Gasteiger partial charge on any atom is -0.490 e. The predicted molar refractivity (Wildman–Crippen MR) is 69.7 cm³/mol. The number of benzene rings is 1. The zero-order chi connectivity index (χ0) is 12.8. The van der Waals surface area contributed by atoms with Gasteiger partial charge in [0.15, 0.2) is 0 Å². The Morgan fingerprint density at radius 1 is 1.33 bits per heavy atom. The van der Waals surface area contributed by atoms with Gasteiger partial charge in [0.25, 0.3) is 0 Å². The van der Waals surface area contributed by atoms with Crippen molar-refractivity contribution in [1.82, 2.24) is 0 Å². The van der Waals surface area contributed by atoms with Crippen molar-refractivity contribution in [1.29, 1.82) is 0 Å². The zero-order valence-electron chi connectivity index (χ0n) is 10.8. The van der Waals surface area contributed by atoms with Crippen molar-refractivity contribution in [3.63, 3.8) is 0 Å². The molecule has 1 unspecified atom stereocenters. The molecule has 0 saturated heterocycles. The Labute approximate surface area is 108 Å². The van der Waals surface area contributed by atoms with E-state index in [1.807, 2.05) is 24.3 Å². The van der Waals surface area contributed by atoms with E-state index in [0.29, 0.717) is 25.9 Å². The molecule has 1 aliphatic rings. The van der Waals surface area contributed by atoms with Gasteiger partial charge < -0.3 is 19.9 Å². The van der Waals surface area contributed by atoms with E-state index in [0.717, 1.165) is 24.2 Å². The number of ether oxygens (including phenoxy) is 3. The second-order valence-corrected chi connectivity index (χ2v) is 4.56. The molecular weight excluding hydrogens is 230 g/mol. The maximum atomic E-state index is 6.07. The third kappa shape index (κ3) is 4.29. The lowest BCUT2D eigenvalue weighted by atomic mass is 10.1. The van der Waals surface area contributed by atoms with Crippen molar-refractivity contribution in [2.75, 3.05) is 26.9 Å². The molecule has 1 saturated carbocycles. The van der Waals surface area contributed by atoms with Crippen LogP contribution in [0, 0.1) is 0 Å². The Balaban J connectivity index is 1.82. The molecule has 100 valence electrons. The van der Waals surface area contributed by atoms with Crippen molar-refractivity contribution in [3.8, 4) is 5.75 Å². The van der Waals surface area contributed by atoms with Gasteiger partial charge in [0.05, 0.1) is 32.0 Å². The molecule has 0 radical (unpaired) electrons. The first-order chi connectivity index (χ1) is 8.79. The van der Waals surface area contributed by atoms with E-state index in [1.165, 1.54) is 0 Å². The Hall–Kier alpha value is -1.10. The third-order valence-corrected chi connectivity index (χ3v) is 2.84. The molecular formula is C14H21NO3. The molecule has 1 aromatic carbocycles. The number of rotatable bonds is 8. The second kappa shape index (κ2) is 6.73. The smallest absolute Gasteiger partial charge is 0.120 e. The normalized spacial score (nSPS) is 16.6. The Morgan fingerprint density at radius 3 is 2.89 bits per heavy atom. The fourth-order valence-electron chi connectivity index (χ4n) is 1.65. The van der Waals surface area contributed by atoms with E-state index in [9.17, 15) is 0 Å². The van der Waals surface area contributed by atoms with E-state index >= 15 is 0 Å². The molecule has 4 nitrogen and oxygen atoms in total. The molecule has 2 rings (SSSR count). The van der Waals surface area contributed by atoms with Crippen LogP contribution in [0.5, 0.6) is 5.75 Å². The van der Waals surface area contributed by atoms with E-state index in [4.69, 9.17) is 19.9 Å². The first kappa shape index (κ1) is 13.3. The summed E-state index contributed by atoms with van der Waals surface area (Å²) in [6.45, 7) is 1.66. The monoisotopic (exact) mass is 251 g/mol. The predicted octanol–water partition coefficient (Wildman–Crippen LogP) is 1.89. The summed E-state index contributed by atoms with van der Waals surface area (Å²) in [6.07, 6.45) is 2.74. The van der Waals surface area contributed by atoms with Gasteiger partial charge in [-0.1, -0.05) is 12.1 Å². The van der Waals surface area contributed by atoms with E-state index in [2.05, 4.69) is 0 Å². The SMILES string of the molecule is COCCOCC(N)c1cccc(OC2CC2)c1. The van der Waals surface area contributed by atoms with Gasteiger partial charge in [-0.2, -0.15) is 0 Å². The highest BCUT2D eigenvalue weighted by atomic mass is 16.5. The summed E-state index contributed by atoms with van der Waals surface area (Å²) < 4.78 is 16.1. The highest BCUT2D eigenvalue weighted by Crippen LogP contribution is 2.27.